The van der Waals surface area contributed by atoms with Crippen molar-refractivity contribution in [2.45, 2.75) is 32.7 Å². The van der Waals surface area contributed by atoms with Gasteiger partial charge in [0.25, 0.3) is 0 Å². The van der Waals surface area contributed by atoms with Gasteiger partial charge in [-0.15, -0.1) is 0 Å². The lowest BCUT2D eigenvalue weighted by Crippen LogP contribution is -2.44. The molecule has 4 N–H and O–H groups in total. The zero-order valence-electron chi connectivity index (χ0n) is 9.41. The van der Waals surface area contributed by atoms with Crippen molar-refractivity contribution in [3.8, 4) is 0 Å². The van der Waals surface area contributed by atoms with Crippen LogP contribution in [-0.4, -0.2) is 26.2 Å². The summed E-state index contributed by atoms with van der Waals surface area (Å²) in [5.74, 6) is 0. The molecule has 1 atom stereocenters. The highest BCUT2D eigenvalue weighted by atomic mass is 15.4. The van der Waals surface area contributed by atoms with E-state index in [1.54, 1.807) is 0 Å². The summed E-state index contributed by atoms with van der Waals surface area (Å²) >= 11 is 0. The molecule has 1 aliphatic heterocycles. The Morgan fingerprint density at radius 3 is 2.86 bits per heavy atom. The standard InChI is InChI=1S/C10H22N4/c1-4-5-13-14-10-7-12-8(2)6-9(10)11-3/h8,11-14H,4-7H2,1-3H3. The number of hydrogen-bond donors (Lipinski definition) is 4. The molecule has 4 heteroatoms. The minimum absolute atomic E-state index is 0.564. The molecule has 0 spiro atoms. The van der Waals surface area contributed by atoms with Crippen LogP contribution in [-0.2, 0) is 0 Å². The normalized spacial score (nSPS) is 22.4. The van der Waals surface area contributed by atoms with Crippen LogP contribution in [0.15, 0.2) is 11.4 Å². The maximum absolute atomic E-state index is 3.42. The van der Waals surface area contributed by atoms with Crippen LogP contribution < -0.4 is 21.5 Å². The Kier molecular flexibility index (Phi) is 4.76. The molecule has 1 heterocycles. The van der Waals surface area contributed by atoms with Crippen LogP contribution in [0, 0.1) is 0 Å². The summed E-state index contributed by atoms with van der Waals surface area (Å²) in [6.45, 7) is 6.26. The topological polar surface area (TPSA) is 48.1 Å². The van der Waals surface area contributed by atoms with Crippen LogP contribution in [0.1, 0.15) is 26.7 Å². The van der Waals surface area contributed by atoms with Gasteiger partial charge in [0.2, 0.25) is 0 Å². The Hall–Kier alpha value is -0.740. The Morgan fingerprint density at radius 1 is 1.43 bits per heavy atom. The second kappa shape index (κ2) is 5.88. The molecule has 0 fully saturated rings. The van der Waals surface area contributed by atoms with Gasteiger partial charge in [-0.1, -0.05) is 6.92 Å². The minimum atomic E-state index is 0.564. The van der Waals surface area contributed by atoms with Crippen LogP contribution >= 0.6 is 0 Å². The molecule has 0 aromatic rings. The fourth-order valence-corrected chi connectivity index (χ4v) is 1.55. The van der Waals surface area contributed by atoms with Crippen molar-refractivity contribution in [1.82, 2.24) is 21.5 Å². The van der Waals surface area contributed by atoms with E-state index in [2.05, 4.69) is 35.3 Å². The average Bonchev–Trinajstić information content (AvgIpc) is 2.20. The Morgan fingerprint density at radius 2 is 2.21 bits per heavy atom. The van der Waals surface area contributed by atoms with Crippen LogP contribution in [0.3, 0.4) is 0 Å². The molecule has 0 saturated heterocycles. The summed E-state index contributed by atoms with van der Waals surface area (Å²) in [5, 5.41) is 6.67. The van der Waals surface area contributed by atoms with E-state index >= 15 is 0 Å². The van der Waals surface area contributed by atoms with Gasteiger partial charge in [0.05, 0.1) is 5.70 Å². The summed E-state index contributed by atoms with van der Waals surface area (Å²) in [5.41, 5.74) is 8.99. The van der Waals surface area contributed by atoms with Crippen molar-refractivity contribution < 1.29 is 0 Å². The minimum Gasteiger partial charge on any atom is -0.390 e. The number of nitrogens with one attached hydrogen (secondary N) is 4. The summed E-state index contributed by atoms with van der Waals surface area (Å²) in [6.07, 6.45) is 2.20. The molecule has 82 valence electrons. The molecule has 0 bridgehead atoms. The lowest BCUT2D eigenvalue weighted by atomic mass is 10.1. The van der Waals surface area contributed by atoms with Gasteiger partial charge >= 0.3 is 0 Å². The highest BCUT2D eigenvalue weighted by Gasteiger charge is 2.15. The fraction of sp³-hybridized carbons (Fsp3) is 0.800. The molecule has 0 saturated carbocycles. The summed E-state index contributed by atoms with van der Waals surface area (Å²) < 4.78 is 0. The maximum Gasteiger partial charge on any atom is 0.0589 e. The predicted molar refractivity (Wildman–Crippen MR) is 59.6 cm³/mol. The predicted octanol–water partition coefficient (Wildman–Crippen LogP) is 0.303. The van der Waals surface area contributed by atoms with Gasteiger partial charge in [0.1, 0.15) is 0 Å². The number of hydrogen-bond acceptors (Lipinski definition) is 4. The molecule has 4 nitrogen and oxygen atoms in total. The van der Waals surface area contributed by atoms with Gasteiger partial charge < -0.3 is 16.1 Å². The van der Waals surface area contributed by atoms with Crippen LogP contribution in [0.4, 0.5) is 0 Å². The summed E-state index contributed by atoms with van der Waals surface area (Å²) in [4.78, 5) is 0. The lowest BCUT2D eigenvalue weighted by Gasteiger charge is -2.27. The zero-order valence-corrected chi connectivity index (χ0v) is 9.41. The molecule has 1 rings (SSSR count). The van der Waals surface area contributed by atoms with Gasteiger partial charge in [0, 0.05) is 38.3 Å². The molecule has 0 amide bonds. The van der Waals surface area contributed by atoms with E-state index < -0.39 is 0 Å². The van der Waals surface area contributed by atoms with Crippen LogP contribution in [0.5, 0.6) is 0 Å². The van der Waals surface area contributed by atoms with Gasteiger partial charge in [-0.25, -0.2) is 5.43 Å². The van der Waals surface area contributed by atoms with Gasteiger partial charge in [-0.3, -0.25) is 0 Å². The van der Waals surface area contributed by atoms with Crippen molar-refractivity contribution in [2.75, 3.05) is 20.1 Å². The maximum atomic E-state index is 3.42. The van der Waals surface area contributed by atoms with Gasteiger partial charge in [0.15, 0.2) is 0 Å². The smallest absolute Gasteiger partial charge is 0.0589 e. The van der Waals surface area contributed by atoms with E-state index in [4.69, 9.17) is 0 Å². The average molecular weight is 198 g/mol. The lowest BCUT2D eigenvalue weighted by molar-refractivity contribution is 0.475. The molecular weight excluding hydrogens is 176 g/mol. The third-order valence-corrected chi connectivity index (χ3v) is 2.42. The molecule has 0 radical (unpaired) electrons. The van der Waals surface area contributed by atoms with Crippen molar-refractivity contribution >= 4 is 0 Å². The SMILES string of the molecule is CCCNNC1=C(NC)CC(C)NC1. The van der Waals surface area contributed by atoms with Gasteiger partial charge in [-0.2, -0.15) is 0 Å². The first kappa shape index (κ1) is 11.3. The second-order valence-corrected chi connectivity index (χ2v) is 3.74. The molecule has 0 aromatic carbocycles. The summed E-state index contributed by atoms with van der Waals surface area (Å²) in [6, 6.07) is 0.564. The number of hydrazine groups is 1. The highest BCUT2D eigenvalue weighted by Crippen LogP contribution is 2.10. The number of rotatable bonds is 5. The fourth-order valence-electron chi connectivity index (χ4n) is 1.55. The largest absolute Gasteiger partial charge is 0.390 e. The van der Waals surface area contributed by atoms with Gasteiger partial charge in [-0.05, 0) is 13.3 Å². The van der Waals surface area contributed by atoms with E-state index in [1.807, 2.05) is 7.05 Å². The molecule has 14 heavy (non-hydrogen) atoms. The first-order valence-corrected chi connectivity index (χ1v) is 5.40. The Balaban J connectivity index is 2.45. The van der Waals surface area contributed by atoms with Crippen LogP contribution in [0.25, 0.3) is 0 Å². The Labute approximate surface area is 86.5 Å². The van der Waals surface area contributed by atoms with Crippen molar-refractivity contribution in [3.05, 3.63) is 11.4 Å². The molecular formula is C10H22N4. The van der Waals surface area contributed by atoms with E-state index in [0.29, 0.717) is 6.04 Å². The zero-order chi connectivity index (χ0) is 10.4. The third-order valence-electron chi connectivity index (χ3n) is 2.42. The first-order chi connectivity index (χ1) is 6.77. The highest BCUT2D eigenvalue weighted by molar-refractivity contribution is 5.16. The second-order valence-electron chi connectivity index (χ2n) is 3.74. The molecule has 1 unspecified atom stereocenters. The van der Waals surface area contributed by atoms with E-state index in [0.717, 1.165) is 25.9 Å². The Bertz CT molecular complexity index is 200. The van der Waals surface area contributed by atoms with E-state index in [9.17, 15) is 0 Å². The van der Waals surface area contributed by atoms with E-state index in [-0.39, 0.29) is 0 Å². The van der Waals surface area contributed by atoms with Crippen molar-refractivity contribution in [1.29, 1.82) is 0 Å². The quantitative estimate of drug-likeness (QED) is 0.379. The molecule has 0 aliphatic carbocycles. The molecule has 1 aliphatic rings. The van der Waals surface area contributed by atoms with Crippen molar-refractivity contribution in [3.63, 3.8) is 0 Å². The van der Waals surface area contributed by atoms with E-state index in [1.165, 1.54) is 11.4 Å². The molecule has 0 aromatic heterocycles. The monoisotopic (exact) mass is 198 g/mol. The summed E-state index contributed by atoms with van der Waals surface area (Å²) in [7, 11) is 1.98. The first-order valence-electron chi connectivity index (χ1n) is 5.40. The van der Waals surface area contributed by atoms with Crippen LogP contribution in [0.2, 0.25) is 0 Å². The van der Waals surface area contributed by atoms with Crippen molar-refractivity contribution in [2.24, 2.45) is 0 Å². The third kappa shape index (κ3) is 3.20.